The topological polar surface area (TPSA) is 29.1 Å². The van der Waals surface area contributed by atoms with E-state index in [2.05, 4.69) is 5.32 Å². The summed E-state index contributed by atoms with van der Waals surface area (Å²) in [7, 11) is -0.739. The predicted molar refractivity (Wildman–Crippen MR) is 65.1 cm³/mol. The zero-order valence-electron chi connectivity index (χ0n) is 8.00. The van der Waals surface area contributed by atoms with Crippen molar-refractivity contribution in [3.05, 3.63) is 33.8 Å². The molecular formula is C10H11Cl2NOS. The van der Waals surface area contributed by atoms with E-state index in [-0.39, 0.29) is 6.04 Å². The summed E-state index contributed by atoms with van der Waals surface area (Å²) in [5, 5.41) is 4.57. The molecule has 5 heteroatoms. The highest BCUT2D eigenvalue weighted by molar-refractivity contribution is 7.85. The number of halogens is 2. The maximum atomic E-state index is 11.4. The molecule has 82 valence electrons. The van der Waals surface area contributed by atoms with Gasteiger partial charge in [0.2, 0.25) is 0 Å². The molecule has 15 heavy (non-hydrogen) atoms. The van der Waals surface area contributed by atoms with Gasteiger partial charge in [0.15, 0.2) is 0 Å². The van der Waals surface area contributed by atoms with Crippen molar-refractivity contribution < 1.29 is 4.21 Å². The van der Waals surface area contributed by atoms with Gasteiger partial charge >= 0.3 is 0 Å². The van der Waals surface area contributed by atoms with E-state index in [0.717, 1.165) is 17.9 Å². The lowest BCUT2D eigenvalue weighted by Gasteiger charge is -2.24. The molecule has 0 saturated carbocycles. The molecule has 1 aliphatic rings. The van der Waals surface area contributed by atoms with Crippen LogP contribution in [0.25, 0.3) is 0 Å². The molecule has 0 bridgehead atoms. The zero-order valence-corrected chi connectivity index (χ0v) is 10.3. The molecule has 1 aromatic carbocycles. The minimum Gasteiger partial charge on any atom is -0.308 e. The van der Waals surface area contributed by atoms with Gasteiger partial charge in [0.1, 0.15) is 0 Å². The standard InChI is InChI=1S/C10H11Cl2NOS/c11-7-1-2-8(9(12)5-7)10-6-15(14)4-3-13-10/h1-2,5,10,13H,3-4,6H2. The number of benzene rings is 1. The summed E-state index contributed by atoms with van der Waals surface area (Å²) >= 11 is 11.9. The van der Waals surface area contributed by atoms with Crippen molar-refractivity contribution in [2.75, 3.05) is 18.1 Å². The smallest absolute Gasteiger partial charge is 0.0468 e. The molecule has 0 aliphatic carbocycles. The van der Waals surface area contributed by atoms with E-state index >= 15 is 0 Å². The second kappa shape index (κ2) is 4.83. The first kappa shape index (κ1) is 11.4. The summed E-state index contributed by atoms with van der Waals surface area (Å²) in [6.45, 7) is 0.774. The normalized spacial score (nSPS) is 26.5. The summed E-state index contributed by atoms with van der Waals surface area (Å²) in [4.78, 5) is 0. The molecule has 1 N–H and O–H groups in total. The van der Waals surface area contributed by atoms with Crippen LogP contribution in [0.5, 0.6) is 0 Å². The molecule has 1 fully saturated rings. The van der Waals surface area contributed by atoms with E-state index < -0.39 is 10.8 Å². The molecule has 1 heterocycles. The first-order valence-corrected chi connectivity index (χ1v) is 6.94. The van der Waals surface area contributed by atoms with Gasteiger partial charge in [0.05, 0.1) is 0 Å². The lowest BCUT2D eigenvalue weighted by Crippen LogP contribution is -2.36. The number of hydrogen-bond donors (Lipinski definition) is 1. The third-order valence-corrected chi connectivity index (χ3v) is 4.34. The van der Waals surface area contributed by atoms with E-state index in [9.17, 15) is 4.21 Å². The summed E-state index contributed by atoms with van der Waals surface area (Å²) in [6, 6.07) is 5.51. The van der Waals surface area contributed by atoms with Gasteiger partial charge in [-0.25, -0.2) is 0 Å². The summed E-state index contributed by atoms with van der Waals surface area (Å²) < 4.78 is 11.4. The number of nitrogens with one attached hydrogen (secondary N) is 1. The molecule has 0 amide bonds. The van der Waals surface area contributed by atoms with E-state index in [1.54, 1.807) is 6.07 Å². The van der Waals surface area contributed by atoms with Gasteiger partial charge in [-0.2, -0.15) is 0 Å². The van der Waals surface area contributed by atoms with Gasteiger partial charge in [-0.1, -0.05) is 29.3 Å². The predicted octanol–water partition coefficient (Wildman–Crippen LogP) is 2.39. The lowest BCUT2D eigenvalue weighted by molar-refractivity contribution is 0.572. The number of rotatable bonds is 1. The Hall–Kier alpha value is -0.0900. The molecule has 2 atom stereocenters. The Morgan fingerprint density at radius 3 is 2.87 bits per heavy atom. The van der Waals surface area contributed by atoms with E-state index in [0.29, 0.717) is 15.8 Å². The molecule has 0 radical (unpaired) electrons. The third kappa shape index (κ3) is 2.72. The molecular weight excluding hydrogens is 253 g/mol. The highest BCUT2D eigenvalue weighted by atomic mass is 35.5. The second-order valence-electron chi connectivity index (χ2n) is 3.48. The maximum Gasteiger partial charge on any atom is 0.0468 e. The van der Waals surface area contributed by atoms with Crippen LogP contribution in [0.4, 0.5) is 0 Å². The van der Waals surface area contributed by atoms with E-state index in [4.69, 9.17) is 23.2 Å². The van der Waals surface area contributed by atoms with Crippen molar-refractivity contribution in [2.45, 2.75) is 6.04 Å². The molecule has 0 aromatic heterocycles. The first-order chi connectivity index (χ1) is 7.16. The SMILES string of the molecule is O=S1CCNC(c2ccc(Cl)cc2Cl)C1. The van der Waals surface area contributed by atoms with Crippen molar-refractivity contribution in [1.82, 2.24) is 5.32 Å². The molecule has 1 saturated heterocycles. The van der Waals surface area contributed by atoms with Crippen LogP contribution in [0.3, 0.4) is 0 Å². The minimum absolute atomic E-state index is 0.0874. The number of hydrogen-bond acceptors (Lipinski definition) is 2. The fourth-order valence-electron chi connectivity index (χ4n) is 1.66. The molecule has 0 spiro atoms. The van der Waals surface area contributed by atoms with Crippen molar-refractivity contribution in [3.8, 4) is 0 Å². The Balaban J connectivity index is 2.24. The van der Waals surface area contributed by atoms with Crippen molar-refractivity contribution in [1.29, 1.82) is 0 Å². The highest BCUT2D eigenvalue weighted by Gasteiger charge is 2.21. The molecule has 2 rings (SSSR count). The Kier molecular flexibility index (Phi) is 3.67. The van der Waals surface area contributed by atoms with Crippen LogP contribution in [-0.4, -0.2) is 22.3 Å². The van der Waals surface area contributed by atoms with Crippen molar-refractivity contribution >= 4 is 34.0 Å². The Labute approximate surface area is 101 Å². The van der Waals surface area contributed by atoms with Crippen LogP contribution in [0, 0.1) is 0 Å². The quantitative estimate of drug-likeness (QED) is 0.843. The van der Waals surface area contributed by atoms with E-state index in [1.807, 2.05) is 12.1 Å². The monoisotopic (exact) mass is 263 g/mol. The van der Waals surface area contributed by atoms with E-state index in [1.165, 1.54) is 0 Å². The summed E-state index contributed by atoms with van der Waals surface area (Å²) in [5.41, 5.74) is 0.981. The van der Waals surface area contributed by atoms with Gasteiger partial charge in [-0.3, -0.25) is 4.21 Å². The molecule has 1 aliphatic heterocycles. The average molecular weight is 264 g/mol. The molecule has 1 aromatic rings. The minimum atomic E-state index is -0.739. The van der Waals surface area contributed by atoms with Crippen LogP contribution in [0.1, 0.15) is 11.6 Å². The average Bonchev–Trinajstić information content (AvgIpc) is 2.17. The van der Waals surface area contributed by atoms with Gasteiger partial charge in [-0.05, 0) is 17.7 Å². The lowest BCUT2D eigenvalue weighted by atomic mass is 10.1. The summed E-state index contributed by atoms with van der Waals surface area (Å²) in [5.74, 6) is 1.35. The van der Waals surface area contributed by atoms with Gasteiger partial charge in [0, 0.05) is 44.9 Å². The fourth-order valence-corrected chi connectivity index (χ4v) is 3.38. The van der Waals surface area contributed by atoms with Crippen molar-refractivity contribution in [3.63, 3.8) is 0 Å². The summed E-state index contributed by atoms with van der Waals surface area (Å²) in [6.07, 6.45) is 0. The van der Waals surface area contributed by atoms with Gasteiger partial charge < -0.3 is 5.32 Å². The third-order valence-electron chi connectivity index (χ3n) is 2.41. The van der Waals surface area contributed by atoms with Crippen molar-refractivity contribution in [2.24, 2.45) is 0 Å². The van der Waals surface area contributed by atoms with Gasteiger partial charge in [0.25, 0.3) is 0 Å². The zero-order chi connectivity index (χ0) is 10.8. The van der Waals surface area contributed by atoms with Crippen LogP contribution < -0.4 is 5.32 Å². The molecule has 2 unspecified atom stereocenters. The van der Waals surface area contributed by atoms with Gasteiger partial charge in [-0.15, -0.1) is 0 Å². The maximum absolute atomic E-state index is 11.4. The highest BCUT2D eigenvalue weighted by Crippen LogP contribution is 2.27. The Morgan fingerprint density at radius 2 is 2.20 bits per heavy atom. The second-order valence-corrected chi connectivity index (χ2v) is 5.95. The molecule has 2 nitrogen and oxygen atoms in total. The van der Waals surface area contributed by atoms with Crippen LogP contribution >= 0.6 is 23.2 Å². The van der Waals surface area contributed by atoms with Crippen LogP contribution in [-0.2, 0) is 10.8 Å². The Bertz CT molecular complexity index is 397. The largest absolute Gasteiger partial charge is 0.308 e. The Morgan fingerprint density at radius 1 is 1.40 bits per heavy atom. The fraction of sp³-hybridized carbons (Fsp3) is 0.400. The van der Waals surface area contributed by atoms with Crippen LogP contribution in [0.2, 0.25) is 10.0 Å². The first-order valence-electron chi connectivity index (χ1n) is 4.70. The van der Waals surface area contributed by atoms with Crippen LogP contribution in [0.15, 0.2) is 18.2 Å².